The topological polar surface area (TPSA) is 59.6 Å². The molecule has 1 heterocycles. The number of rotatable bonds is 3. The molecule has 0 aliphatic carbocycles. The first-order valence-corrected chi connectivity index (χ1v) is 5.01. The number of benzene rings is 1. The summed E-state index contributed by atoms with van der Waals surface area (Å²) < 4.78 is 10.6. The summed E-state index contributed by atoms with van der Waals surface area (Å²) in [7, 11) is 3.20. The Morgan fingerprint density at radius 1 is 1.25 bits per heavy atom. The van der Waals surface area contributed by atoms with E-state index in [1.54, 1.807) is 14.2 Å². The number of urea groups is 1. The van der Waals surface area contributed by atoms with Crippen LogP contribution in [0.3, 0.4) is 0 Å². The molecular weight excluding hydrogens is 208 g/mol. The van der Waals surface area contributed by atoms with E-state index in [0.717, 1.165) is 5.56 Å². The van der Waals surface area contributed by atoms with Crippen molar-refractivity contribution in [3.63, 3.8) is 0 Å². The lowest BCUT2D eigenvalue weighted by Crippen LogP contribution is -2.22. The van der Waals surface area contributed by atoms with E-state index in [2.05, 4.69) is 10.6 Å². The monoisotopic (exact) mass is 222 g/mol. The molecule has 1 saturated heterocycles. The maximum absolute atomic E-state index is 11.1. The van der Waals surface area contributed by atoms with Gasteiger partial charge < -0.3 is 20.1 Å². The van der Waals surface area contributed by atoms with Gasteiger partial charge in [-0.15, -0.1) is 0 Å². The number of ether oxygens (including phenoxy) is 2. The molecule has 0 aromatic heterocycles. The summed E-state index contributed by atoms with van der Waals surface area (Å²) in [4.78, 5) is 11.1. The Morgan fingerprint density at radius 2 is 1.88 bits per heavy atom. The lowest BCUT2D eigenvalue weighted by atomic mass is 10.1. The largest absolute Gasteiger partial charge is 0.496 e. The summed E-state index contributed by atoms with van der Waals surface area (Å²) in [6, 6.07) is 5.27. The Morgan fingerprint density at radius 3 is 2.31 bits per heavy atom. The highest BCUT2D eigenvalue weighted by atomic mass is 16.5. The van der Waals surface area contributed by atoms with Crippen LogP contribution >= 0.6 is 0 Å². The Hall–Kier alpha value is -1.91. The molecule has 0 saturated carbocycles. The summed E-state index contributed by atoms with van der Waals surface area (Å²) in [5.74, 6) is 1.43. The van der Waals surface area contributed by atoms with Crippen LogP contribution in [0.4, 0.5) is 4.79 Å². The van der Waals surface area contributed by atoms with Gasteiger partial charge in [0.05, 0.1) is 25.8 Å². The van der Waals surface area contributed by atoms with Gasteiger partial charge in [-0.05, 0) is 12.1 Å². The second-order valence-corrected chi connectivity index (χ2v) is 3.48. The van der Waals surface area contributed by atoms with Crippen molar-refractivity contribution < 1.29 is 14.3 Å². The van der Waals surface area contributed by atoms with Crippen molar-refractivity contribution in [2.24, 2.45) is 0 Å². The van der Waals surface area contributed by atoms with E-state index in [1.165, 1.54) is 0 Å². The highest BCUT2D eigenvalue weighted by molar-refractivity contribution is 5.77. The molecular formula is C11H14N2O3. The van der Waals surface area contributed by atoms with Crippen LogP contribution < -0.4 is 20.1 Å². The van der Waals surface area contributed by atoms with Crippen molar-refractivity contribution in [2.45, 2.75) is 6.04 Å². The zero-order valence-corrected chi connectivity index (χ0v) is 9.24. The Kier molecular flexibility index (Phi) is 2.85. The van der Waals surface area contributed by atoms with E-state index in [9.17, 15) is 4.79 Å². The first-order chi connectivity index (χ1) is 7.76. The Balaban J connectivity index is 2.40. The van der Waals surface area contributed by atoms with Crippen LogP contribution in [0.5, 0.6) is 11.5 Å². The van der Waals surface area contributed by atoms with Gasteiger partial charge in [-0.25, -0.2) is 4.79 Å². The highest BCUT2D eigenvalue weighted by Crippen LogP contribution is 2.34. The van der Waals surface area contributed by atoms with Gasteiger partial charge in [-0.2, -0.15) is 0 Å². The van der Waals surface area contributed by atoms with Crippen LogP contribution in [0.1, 0.15) is 11.6 Å². The Labute approximate surface area is 93.7 Å². The number of nitrogens with one attached hydrogen (secondary N) is 2. The normalized spacial score (nSPS) is 18.9. The first kappa shape index (κ1) is 10.6. The molecule has 86 valence electrons. The van der Waals surface area contributed by atoms with Crippen molar-refractivity contribution in [2.75, 3.05) is 20.8 Å². The Bertz CT molecular complexity index is 384. The van der Waals surface area contributed by atoms with E-state index in [4.69, 9.17) is 9.47 Å². The molecule has 1 aromatic rings. The average molecular weight is 222 g/mol. The van der Waals surface area contributed by atoms with Crippen LogP contribution in [0.15, 0.2) is 18.2 Å². The zero-order valence-electron chi connectivity index (χ0n) is 9.24. The fourth-order valence-electron chi connectivity index (χ4n) is 1.85. The summed E-state index contributed by atoms with van der Waals surface area (Å²) in [5.41, 5.74) is 0.867. The van der Waals surface area contributed by atoms with Gasteiger partial charge in [0.2, 0.25) is 0 Å². The van der Waals surface area contributed by atoms with Crippen LogP contribution in [0.25, 0.3) is 0 Å². The van der Waals surface area contributed by atoms with Crippen molar-refractivity contribution >= 4 is 6.03 Å². The van der Waals surface area contributed by atoms with Crippen molar-refractivity contribution in [1.82, 2.24) is 10.6 Å². The van der Waals surface area contributed by atoms with Crippen molar-refractivity contribution in [1.29, 1.82) is 0 Å². The molecule has 1 aliphatic rings. The minimum absolute atomic E-state index is 0.112. The summed E-state index contributed by atoms with van der Waals surface area (Å²) >= 11 is 0. The minimum Gasteiger partial charge on any atom is -0.496 e. The smallest absolute Gasteiger partial charge is 0.315 e. The average Bonchev–Trinajstić information content (AvgIpc) is 2.74. The van der Waals surface area contributed by atoms with E-state index >= 15 is 0 Å². The maximum atomic E-state index is 11.1. The van der Waals surface area contributed by atoms with Crippen LogP contribution in [-0.2, 0) is 0 Å². The zero-order chi connectivity index (χ0) is 11.5. The van der Waals surface area contributed by atoms with E-state index in [0.29, 0.717) is 18.0 Å². The minimum atomic E-state index is -0.169. The quantitative estimate of drug-likeness (QED) is 0.803. The predicted octanol–water partition coefficient (Wildman–Crippen LogP) is 1.06. The summed E-state index contributed by atoms with van der Waals surface area (Å²) in [6.07, 6.45) is 0. The number of amides is 2. The standard InChI is InChI=1S/C11H14N2O3/c1-15-8-4-3-5-9(16-2)10(8)7-6-12-11(14)13-7/h3-5,7H,6H2,1-2H3,(H2,12,13,14)/t7-/m0/s1. The van der Waals surface area contributed by atoms with Crippen molar-refractivity contribution in [3.8, 4) is 11.5 Å². The number of methoxy groups -OCH3 is 2. The molecule has 2 N–H and O–H groups in total. The van der Waals surface area contributed by atoms with E-state index in [1.807, 2.05) is 18.2 Å². The second kappa shape index (κ2) is 4.30. The van der Waals surface area contributed by atoms with E-state index < -0.39 is 0 Å². The molecule has 1 atom stereocenters. The van der Waals surface area contributed by atoms with Gasteiger partial charge in [0.1, 0.15) is 11.5 Å². The third kappa shape index (κ3) is 1.76. The van der Waals surface area contributed by atoms with Gasteiger partial charge in [0, 0.05) is 6.54 Å². The highest BCUT2D eigenvalue weighted by Gasteiger charge is 2.27. The number of hydrogen-bond donors (Lipinski definition) is 2. The fourth-order valence-corrected chi connectivity index (χ4v) is 1.85. The van der Waals surface area contributed by atoms with Crippen LogP contribution in [-0.4, -0.2) is 26.8 Å². The van der Waals surface area contributed by atoms with Gasteiger partial charge in [-0.3, -0.25) is 0 Å². The molecule has 16 heavy (non-hydrogen) atoms. The first-order valence-electron chi connectivity index (χ1n) is 5.01. The molecule has 0 spiro atoms. The number of carbonyl (C=O) groups excluding carboxylic acids is 1. The third-order valence-corrected chi connectivity index (χ3v) is 2.59. The number of hydrogen-bond acceptors (Lipinski definition) is 3. The third-order valence-electron chi connectivity index (χ3n) is 2.59. The molecule has 0 unspecified atom stereocenters. The molecule has 5 nitrogen and oxygen atoms in total. The van der Waals surface area contributed by atoms with Gasteiger partial charge in [0.25, 0.3) is 0 Å². The molecule has 2 rings (SSSR count). The molecule has 1 aromatic carbocycles. The van der Waals surface area contributed by atoms with Gasteiger partial charge in [0.15, 0.2) is 0 Å². The van der Waals surface area contributed by atoms with Gasteiger partial charge >= 0.3 is 6.03 Å². The molecule has 1 fully saturated rings. The molecule has 5 heteroatoms. The van der Waals surface area contributed by atoms with Crippen molar-refractivity contribution in [3.05, 3.63) is 23.8 Å². The maximum Gasteiger partial charge on any atom is 0.315 e. The molecule has 2 amide bonds. The van der Waals surface area contributed by atoms with Gasteiger partial charge in [-0.1, -0.05) is 6.07 Å². The fraction of sp³-hybridized carbons (Fsp3) is 0.364. The van der Waals surface area contributed by atoms with E-state index in [-0.39, 0.29) is 12.1 Å². The SMILES string of the molecule is COc1cccc(OC)c1[C@@H]1CNC(=O)N1. The summed E-state index contributed by atoms with van der Waals surface area (Å²) in [5, 5.41) is 5.52. The predicted molar refractivity (Wildman–Crippen MR) is 58.8 cm³/mol. The lowest BCUT2D eigenvalue weighted by Gasteiger charge is -2.17. The molecule has 0 radical (unpaired) electrons. The summed E-state index contributed by atoms with van der Waals surface area (Å²) in [6.45, 7) is 0.537. The van der Waals surface area contributed by atoms with Crippen LogP contribution in [0, 0.1) is 0 Å². The number of carbonyl (C=O) groups is 1. The lowest BCUT2D eigenvalue weighted by molar-refractivity contribution is 0.247. The van der Waals surface area contributed by atoms with Crippen LogP contribution in [0.2, 0.25) is 0 Å². The molecule has 0 bridgehead atoms. The molecule has 1 aliphatic heterocycles. The second-order valence-electron chi connectivity index (χ2n) is 3.48.